The van der Waals surface area contributed by atoms with E-state index in [9.17, 15) is 21.6 Å². The molecule has 1 aliphatic rings. The molecule has 5 nitrogen and oxygen atoms in total. The van der Waals surface area contributed by atoms with Crippen LogP contribution in [0, 0.1) is 0 Å². The van der Waals surface area contributed by atoms with Crippen LogP contribution in [0.2, 0.25) is 10.0 Å². The lowest BCUT2D eigenvalue weighted by Gasteiger charge is -2.25. The molecule has 0 unspecified atom stereocenters. The Kier molecular flexibility index (Phi) is 6.09. The fourth-order valence-electron chi connectivity index (χ4n) is 3.03. The van der Waals surface area contributed by atoms with Gasteiger partial charge in [0.05, 0.1) is 26.2 Å². The summed E-state index contributed by atoms with van der Waals surface area (Å²) in [5.74, 6) is 0. The number of benzene rings is 1. The van der Waals surface area contributed by atoms with Gasteiger partial charge in [-0.15, -0.1) is 0 Å². The van der Waals surface area contributed by atoms with Crippen LogP contribution in [0.3, 0.4) is 0 Å². The number of nitrogens with zero attached hydrogens (tertiary/aromatic N) is 3. The van der Waals surface area contributed by atoms with Crippen LogP contribution in [0.1, 0.15) is 12.0 Å². The summed E-state index contributed by atoms with van der Waals surface area (Å²) in [6, 6.07) is 3.51. The van der Waals surface area contributed by atoms with E-state index in [1.165, 1.54) is 16.7 Å². The molecule has 0 amide bonds. The van der Waals surface area contributed by atoms with Gasteiger partial charge in [-0.25, -0.2) is 8.42 Å². The molecule has 152 valence electrons. The zero-order valence-electron chi connectivity index (χ0n) is 14.5. The molecule has 1 fully saturated rings. The Hall–Kier alpha value is -1.55. The third-order valence-corrected chi connectivity index (χ3v) is 6.88. The molecule has 0 radical (unpaired) electrons. The molecule has 1 aromatic carbocycles. The number of anilines is 1. The van der Waals surface area contributed by atoms with Crippen molar-refractivity contribution in [2.24, 2.45) is 0 Å². The minimum Gasteiger partial charge on any atom is -0.368 e. The van der Waals surface area contributed by atoms with Crippen LogP contribution in [0.4, 0.5) is 18.9 Å². The van der Waals surface area contributed by atoms with Crippen molar-refractivity contribution in [2.75, 3.05) is 31.1 Å². The van der Waals surface area contributed by atoms with Gasteiger partial charge in [0.2, 0.25) is 10.0 Å². The first-order valence-corrected chi connectivity index (χ1v) is 10.5. The highest BCUT2D eigenvalue weighted by Crippen LogP contribution is 2.34. The molecule has 2 heterocycles. The number of sulfonamides is 1. The highest BCUT2D eigenvalue weighted by atomic mass is 35.5. The van der Waals surface area contributed by atoms with E-state index < -0.39 is 21.8 Å². The van der Waals surface area contributed by atoms with E-state index in [-0.39, 0.29) is 18.0 Å². The van der Waals surface area contributed by atoms with E-state index in [0.717, 1.165) is 24.3 Å². The molecule has 1 aliphatic heterocycles. The van der Waals surface area contributed by atoms with Gasteiger partial charge in [0.25, 0.3) is 0 Å². The van der Waals surface area contributed by atoms with E-state index in [1.807, 2.05) is 4.90 Å². The number of hydrogen-bond acceptors (Lipinski definition) is 4. The average Bonchev–Trinajstić information content (AvgIpc) is 2.88. The Morgan fingerprint density at radius 3 is 2.11 bits per heavy atom. The van der Waals surface area contributed by atoms with Crippen molar-refractivity contribution in [1.29, 1.82) is 0 Å². The van der Waals surface area contributed by atoms with E-state index >= 15 is 0 Å². The van der Waals surface area contributed by atoms with Crippen molar-refractivity contribution in [3.63, 3.8) is 0 Å². The minimum atomic E-state index is -4.52. The molecule has 0 atom stereocenters. The van der Waals surface area contributed by atoms with Crippen LogP contribution < -0.4 is 4.90 Å². The highest BCUT2D eigenvalue weighted by molar-refractivity contribution is 7.89. The lowest BCUT2D eigenvalue weighted by atomic mass is 10.2. The smallest absolute Gasteiger partial charge is 0.368 e. The van der Waals surface area contributed by atoms with Crippen molar-refractivity contribution in [1.82, 2.24) is 9.29 Å². The number of hydrogen-bond donors (Lipinski definition) is 0. The molecule has 0 saturated carbocycles. The monoisotopic (exact) mass is 453 g/mol. The van der Waals surface area contributed by atoms with E-state index in [1.54, 1.807) is 0 Å². The second kappa shape index (κ2) is 8.06. The predicted molar refractivity (Wildman–Crippen MR) is 101 cm³/mol. The summed E-state index contributed by atoms with van der Waals surface area (Å²) in [6.07, 6.45) is -1.09. The van der Waals surface area contributed by atoms with Crippen molar-refractivity contribution in [3.05, 3.63) is 52.3 Å². The Morgan fingerprint density at radius 1 is 0.929 bits per heavy atom. The fourth-order valence-corrected chi connectivity index (χ4v) is 5.10. The van der Waals surface area contributed by atoms with Gasteiger partial charge in [0.15, 0.2) is 0 Å². The molecule has 3 rings (SSSR count). The molecule has 0 aliphatic carbocycles. The quantitative estimate of drug-likeness (QED) is 0.694. The van der Waals surface area contributed by atoms with Gasteiger partial charge in [-0.1, -0.05) is 23.2 Å². The van der Waals surface area contributed by atoms with Crippen LogP contribution in [-0.4, -0.2) is 43.9 Å². The normalized spacial score (nSPS) is 16.8. The summed E-state index contributed by atoms with van der Waals surface area (Å²) in [6.45, 7) is 1.25. The SMILES string of the molecule is O=S(=O)(c1ccc(C(F)(F)F)cc1)N1CCCN(c2c(Cl)cncc2Cl)CC1. The van der Waals surface area contributed by atoms with Crippen LogP contribution >= 0.6 is 23.2 Å². The maximum atomic E-state index is 12.8. The highest BCUT2D eigenvalue weighted by Gasteiger charge is 2.32. The van der Waals surface area contributed by atoms with Gasteiger partial charge in [0.1, 0.15) is 0 Å². The second-order valence-corrected chi connectivity index (χ2v) is 8.97. The van der Waals surface area contributed by atoms with Crippen LogP contribution in [0.25, 0.3) is 0 Å². The lowest BCUT2D eigenvalue weighted by molar-refractivity contribution is -0.137. The van der Waals surface area contributed by atoms with Gasteiger partial charge >= 0.3 is 6.18 Å². The minimum absolute atomic E-state index is 0.151. The van der Waals surface area contributed by atoms with Crippen molar-refractivity contribution < 1.29 is 21.6 Å². The summed E-state index contributed by atoms with van der Waals surface area (Å²) in [5, 5.41) is 0.734. The number of halogens is 5. The summed E-state index contributed by atoms with van der Waals surface area (Å²) in [4.78, 5) is 5.62. The second-order valence-electron chi connectivity index (χ2n) is 6.22. The lowest BCUT2D eigenvalue weighted by Crippen LogP contribution is -2.35. The molecule has 0 N–H and O–H groups in total. The first kappa shape index (κ1) is 21.2. The van der Waals surface area contributed by atoms with Gasteiger partial charge in [-0.3, -0.25) is 4.98 Å². The Balaban J connectivity index is 1.79. The molecular weight excluding hydrogens is 438 g/mol. The third-order valence-electron chi connectivity index (χ3n) is 4.42. The molecule has 28 heavy (non-hydrogen) atoms. The summed E-state index contributed by atoms with van der Waals surface area (Å²) in [5.41, 5.74) is -0.303. The zero-order chi connectivity index (χ0) is 20.5. The van der Waals surface area contributed by atoms with Crippen molar-refractivity contribution in [2.45, 2.75) is 17.5 Å². The maximum Gasteiger partial charge on any atom is 0.416 e. The maximum absolute atomic E-state index is 12.8. The average molecular weight is 454 g/mol. The summed E-state index contributed by atoms with van der Waals surface area (Å²) < 4.78 is 65.1. The Morgan fingerprint density at radius 2 is 1.54 bits per heavy atom. The van der Waals surface area contributed by atoms with Crippen molar-refractivity contribution >= 4 is 38.9 Å². The Bertz CT molecular complexity index is 933. The van der Waals surface area contributed by atoms with Crippen LogP contribution in [0.15, 0.2) is 41.6 Å². The fraction of sp³-hybridized carbons (Fsp3) is 0.353. The van der Waals surface area contributed by atoms with Gasteiger partial charge in [-0.2, -0.15) is 17.5 Å². The number of alkyl halides is 3. The molecular formula is C17H16Cl2F3N3O2S. The molecule has 0 spiro atoms. The number of pyridine rings is 1. The summed E-state index contributed by atoms with van der Waals surface area (Å²) in [7, 11) is -3.91. The van der Waals surface area contributed by atoms with E-state index in [2.05, 4.69) is 4.98 Å². The van der Waals surface area contributed by atoms with Gasteiger partial charge in [0, 0.05) is 38.6 Å². The molecule has 2 aromatic rings. The largest absolute Gasteiger partial charge is 0.416 e. The van der Waals surface area contributed by atoms with Crippen LogP contribution in [-0.2, 0) is 16.2 Å². The van der Waals surface area contributed by atoms with Crippen molar-refractivity contribution in [3.8, 4) is 0 Å². The standard InChI is InChI=1S/C17H16Cl2F3N3O2S/c18-14-10-23-11-15(19)16(14)24-6-1-7-25(9-8-24)28(26,27)13-4-2-12(3-5-13)17(20,21)22/h2-5,10-11H,1,6-9H2. The first-order valence-electron chi connectivity index (χ1n) is 8.32. The predicted octanol–water partition coefficient (Wildman–Crippen LogP) is 4.31. The van der Waals surface area contributed by atoms with Gasteiger partial charge in [-0.05, 0) is 30.7 Å². The van der Waals surface area contributed by atoms with Gasteiger partial charge < -0.3 is 4.90 Å². The molecule has 1 saturated heterocycles. The zero-order valence-corrected chi connectivity index (χ0v) is 16.8. The number of rotatable bonds is 3. The van der Waals surface area contributed by atoms with E-state index in [0.29, 0.717) is 35.2 Å². The topological polar surface area (TPSA) is 53.5 Å². The van der Waals surface area contributed by atoms with E-state index in [4.69, 9.17) is 23.2 Å². The molecule has 11 heteroatoms. The third kappa shape index (κ3) is 4.37. The summed E-state index contributed by atoms with van der Waals surface area (Å²) >= 11 is 12.4. The first-order chi connectivity index (χ1) is 13.1. The Labute approximate surface area is 170 Å². The molecule has 0 bridgehead atoms. The number of aromatic nitrogens is 1. The molecule has 1 aromatic heterocycles. The van der Waals surface area contributed by atoms with Crippen LogP contribution in [0.5, 0.6) is 0 Å².